The van der Waals surface area contributed by atoms with Crippen LogP contribution in [-0.2, 0) is 21.3 Å². The van der Waals surface area contributed by atoms with Crippen molar-refractivity contribution in [3.63, 3.8) is 0 Å². The standard InChI is InChI=1S/C23H33N3O3S/c1-16(2)30(27,28)25-23-11-6-20(12-17(23)3)13-24-21-7-9-22(10-8-21)26-14-18(4)29-19(5)15-26/h6-12,16,18-19,24-25H,13-15H2,1-5H3. The minimum Gasteiger partial charge on any atom is -0.381 e. The zero-order chi connectivity index (χ0) is 21.9. The van der Waals surface area contributed by atoms with Crippen molar-refractivity contribution in [3.8, 4) is 0 Å². The van der Waals surface area contributed by atoms with E-state index in [1.54, 1.807) is 13.8 Å². The maximum Gasteiger partial charge on any atom is 0.235 e. The van der Waals surface area contributed by atoms with E-state index in [0.29, 0.717) is 12.2 Å². The third-order valence-electron chi connectivity index (χ3n) is 5.31. The van der Waals surface area contributed by atoms with E-state index < -0.39 is 15.3 Å². The number of hydrogen-bond donors (Lipinski definition) is 2. The molecule has 0 spiro atoms. The normalized spacial score (nSPS) is 19.7. The molecule has 1 aliphatic heterocycles. The molecule has 0 saturated carbocycles. The molecule has 2 aromatic rings. The molecule has 2 N–H and O–H groups in total. The molecule has 0 aliphatic carbocycles. The van der Waals surface area contributed by atoms with Crippen LogP contribution in [0, 0.1) is 6.92 Å². The molecule has 1 fully saturated rings. The van der Waals surface area contributed by atoms with Crippen LogP contribution in [0.4, 0.5) is 17.1 Å². The van der Waals surface area contributed by atoms with Gasteiger partial charge in [-0.3, -0.25) is 4.72 Å². The molecule has 0 radical (unpaired) electrons. The number of benzene rings is 2. The number of hydrogen-bond acceptors (Lipinski definition) is 5. The Morgan fingerprint density at radius 3 is 2.27 bits per heavy atom. The molecule has 30 heavy (non-hydrogen) atoms. The summed E-state index contributed by atoms with van der Waals surface area (Å²) < 4.78 is 32.7. The van der Waals surface area contributed by atoms with Crippen LogP contribution in [-0.4, -0.2) is 39.0 Å². The molecule has 2 unspecified atom stereocenters. The summed E-state index contributed by atoms with van der Waals surface area (Å²) in [6.07, 6.45) is 0.477. The first kappa shape index (κ1) is 22.4. The number of morpholine rings is 1. The maximum absolute atomic E-state index is 12.1. The molecule has 2 atom stereocenters. The lowest BCUT2D eigenvalue weighted by Crippen LogP contribution is -2.45. The van der Waals surface area contributed by atoms with Gasteiger partial charge in [0.1, 0.15) is 0 Å². The largest absolute Gasteiger partial charge is 0.381 e. The lowest BCUT2D eigenvalue weighted by Gasteiger charge is -2.36. The van der Waals surface area contributed by atoms with Gasteiger partial charge in [-0.05, 0) is 76.1 Å². The van der Waals surface area contributed by atoms with Crippen molar-refractivity contribution in [3.05, 3.63) is 53.6 Å². The highest BCUT2D eigenvalue weighted by Gasteiger charge is 2.22. The lowest BCUT2D eigenvalue weighted by atomic mass is 10.1. The van der Waals surface area contributed by atoms with Gasteiger partial charge >= 0.3 is 0 Å². The summed E-state index contributed by atoms with van der Waals surface area (Å²) in [4.78, 5) is 2.36. The molecule has 1 saturated heterocycles. The Balaban J connectivity index is 1.60. The van der Waals surface area contributed by atoms with E-state index in [1.807, 2.05) is 25.1 Å². The first-order valence-corrected chi connectivity index (χ1v) is 12.0. The molecular formula is C23H33N3O3S. The highest BCUT2D eigenvalue weighted by molar-refractivity contribution is 7.93. The number of nitrogens with zero attached hydrogens (tertiary/aromatic N) is 1. The van der Waals surface area contributed by atoms with Crippen molar-refractivity contribution in [1.29, 1.82) is 0 Å². The Kier molecular flexibility index (Phi) is 6.93. The highest BCUT2D eigenvalue weighted by Crippen LogP contribution is 2.23. The van der Waals surface area contributed by atoms with E-state index in [2.05, 4.69) is 53.1 Å². The van der Waals surface area contributed by atoms with E-state index in [0.717, 1.165) is 29.9 Å². The fourth-order valence-electron chi connectivity index (χ4n) is 3.60. The van der Waals surface area contributed by atoms with Crippen LogP contribution in [0.25, 0.3) is 0 Å². The van der Waals surface area contributed by atoms with Gasteiger partial charge in [0, 0.05) is 31.0 Å². The summed E-state index contributed by atoms with van der Waals surface area (Å²) in [5.41, 5.74) is 4.89. The van der Waals surface area contributed by atoms with Gasteiger partial charge in [-0.15, -0.1) is 0 Å². The Labute approximate surface area is 180 Å². The molecular weight excluding hydrogens is 398 g/mol. The zero-order valence-corrected chi connectivity index (χ0v) is 19.3. The van der Waals surface area contributed by atoms with Crippen LogP contribution in [0.15, 0.2) is 42.5 Å². The minimum atomic E-state index is -3.34. The van der Waals surface area contributed by atoms with Crippen molar-refractivity contribution in [2.24, 2.45) is 0 Å². The van der Waals surface area contributed by atoms with Gasteiger partial charge in [0.25, 0.3) is 0 Å². The topological polar surface area (TPSA) is 70.7 Å². The monoisotopic (exact) mass is 431 g/mol. The van der Waals surface area contributed by atoms with Gasteiger partial charge in [0.05, 0.1) is 23.1 Å². The number of anilines is 3. The quantitative estimate of drug-likeness (QED) is 0.681. The molecule has 6 nitrogen and oxygen atoms in total. The van der Waals surface area contributed by atoms with Crippen molar-refractivity contribution in [2.45, 2.75) is 58.6 Å². The molecule has 3 rings (SSSR count). The number of ether oxygens (including phenoxy) is 1. The summed E-state index contributed by atoms with van der Waals surface area (Å²) in [6, 6.07) is 14.3. The van der Waals surface area contributed by atoms with Crippen LogP contribution in [0.5, 0.6) is 0 Å². The van der Waals surface area contributed by atoms with Crippen LogP contribution in [0.2, 0.25) is 0 Å². The predicted octanol–water partition coefficient (Wildman–Crippen LogP) is 4.37. The molecule has 2 aromatic carbocycles. The Bertz CT molecular complexity index is 948. The predicted molar refractivity (Wildman–Crippen MR) is 125 cm³/mol. The minimum absolute atomic E-state index is 0.239. The van der Waals surface area contributed by atoms with Crippen LogP contribution >= 0.6 is 0 Å². The maximum atomic E-state index is 12.1. The van der Waals surface area contributed by atoms with Crippen molar-refractivity contribution in [2.75, 3.05) is 28.0 Å². The zero-order valence-electron chi connectivity index (χ0n) is 18.5. The molecule has 164 valence electrons. The molecule has 7 heteroatoms. The van der Waals surface area contributed by atoms with Gasteiger partial charge < -0.3 is 15.0 Å². The van der Waals surface area contributed by atoms with E-state index in [-0.39, 0.29) is 12.2 Å². The van der Waals surface area contributed by atoms with Crippen LogP contribution < -0.4 is 14.9 Å². The van der Waals surface area contributed by atoms with Gasteiger partial charge in [-0.1, -0.05) is 12.1 Å². The Morgan fingerprint density at radius 1 is 1.07 bits per heavy atom. The molecule has 1 aliphatic rings. The SMILES string of the molecule is Cc1cc(CNc2ccc(N3CC(C)OC(C)C3)cc2)ccc1NS(=O)(=O)C(C)C. The van der Waals surface area contributed by atoms with E-state index >= 15 is 0 Å². The number of sulfonamides is 1. The van der Waals surface area contributed by atoms with Gasteiger partial charge in [-0.2, -0.15) is 0 Å². The van der Waals surface area contributed by atoms with E-state index in [1.165, 1.54) is 5.69 Å². The molecule has 1 heterocycles. The Hall–Kier alpha value is -2.25. The number of aryl methyl sites for hydroxylation is 1. The average Bonchev–Trinajstić information content (AvgIpc) is 2.67. The smallest absolute Gasteiger partial charge is 0.235 e. The van der Waals surface area contributed by atoms with Gasteiger partial charge in [-0.25, -0.2) is 8.42 Å². The summed E-state index contributed by atoms with van der Waals surface area (Å²) in [5.74, 6) is 0. The first-order valence-electron chi connectivity index (χ1n) is 10.5. The van der Waals surface area contributed by atoms with Crippen molar-refractivity contribution < 1.29 is 13.2 Å². The fraction of sp³-hybridized carbons (Fsp3) is 0.478. The van der Waals surface area contributed by atoms with Crippen LogP contribution in [0.1, 0.15) is 38.8 Å². The van der Waals surface area contributed by atoms with E-state index in [4.69, 9.17) is 4.74 Å². The summed E-state index contributed by atoms with van der Waals surface area (Å²) in [5, 5.41) is 2.97. The van der Waals surface area contributed by atoms with Gasteiger partial charge in [0.2, 0.25) is 10.0 Å². The second kappa shape index (κ2) is 9.27. The van der Waals surface area contributed by atoms with Gasteiger partial charge in [0.15, 0.2) is 0 Å². The third kappa shape index (κ3) is 5.67. The second-order valence-electron chi connectivity index (χ2n) is 8.41. The highest BCUT2D eigenvalue weighted by atomic mass is 32.2. The fourth-order valence-corrected chi connectivity index (χ4v) is 4.38. The van der Waals surface area contributed by atoms with Crippen molar-refractivity contribution in [1.82, 2.24) is 0 Å². The summed E-state index contributed by atoms with van der Waals surface area (Å²) in [6.45, 7) is 12.0. The number of rotatable bonds is 7. The third-order valence-corrected chi connectivity index (χ3v) is 7.06. The molecule has 0 aromatic heterocycles. The van der Waals surface area contributed by atoms with E-state index in [9.17, 15) is 8.42 Å². The van der Waals surface area contributed by atoms with Crippen LogP contribution in [0.3, 0.4) is 0 Å². The number of nitrogens with one attached hydrogen (secondary N) is 2. The molecule has 0 bridgehead atoms. The second-order valence-corrected chi connectivity index (χ2v) is 10.6. The lowest BCUT2D eigenvalue weighted by molar-refractivity contribution is -0.00521. The average molecular weight is 432 g/mol. The Morgan fingerprint density at radius 2 is 1.70 bits per heavy atom. The summed E-state index contributed by atoms with van der Waals surface area (Å²) in [7, 11) is -3.34. The summed E-state index contributed by atoms with van der Waals surface area (Å²) >= 11 is 0. The van der Waals surface area contributed by atoms with Crippen molar-refractivity contribution >= 4 is 27.1 Å². The first-order chi connectivity index (χ1) is 14.1. The molecule has 0 amide bonds.